The van der Waals surface area contributed by atoms with E-state index in [1.807, 2.05) is 0 Å². The van der Waals surface area contributed by atoms with Crippen molar-refractivity contribution in [2.24, 2.45) is 45.4 Å². The van der Waals surface area contributed by atoms with Gasteiger partial charge >= 0.3 is 5.97 Å². The van der Waals surface area contributed by atoms with Gasteiger partial charge in [-0.3, -0.25) is 14.4 Å². The number of oxime groups is 1. The number of nitrogens with one attached hydrogen (secondary N) is 2. The number of amides is 3. The Bertz CT molecular complexity index is 1250. The Labute approximate surface area is 253 Å². The number of rotatable bonds is 10. The minimum absolute atomic E-state index is 0.0532. The maximum Gasteiger partial charge on any atom is 0.326 e. The largest absolute Gasteiger partial charge is 0.480 e. The Kier molecular flexibility index (Phi) is 9.31. The summed E-state index contributed by atoms with van der Waals surface area (Å²) in [6, 6.07) is -2.53. The van der Waals surface area contributed by atoms with Crippen LogP contribution in [0.25, 0.3) is 0 Å². The van der Waals surface area contributed by atoms with E-state index in [4.69, 9.17) is 17.0 Å². The molecule has 3 fully saturated rings. The molecule has 5 unspecified atom stereocenters. The van der Waals surface area contributed by atoms with Crippen molar-refractivity contribution in [2.45, 2.75) is 103 Å². The Morgan fingerprint density at radius 3 is 2.44 bits per heavy atom. The fourth-order valence-corrected chi connectivity index (χ4v) is 8.48. The van der Waals surface area contributed by atoms with E-state index in [1.165, 1.54) is 5.57 Å². The molecule has 11 heteroatoms. The first kappa shape index (κ1) is 32.5. The molecule has 4 rings (SSSR count). The summed E-state index contributed by atoms with van der Waals surface area (Å²) < 4.78 is 0. The molecule has 0 radical (unpaired) electrons. The van der Waals surface area contributed by atoms with Crippen molar-refractivity contribution in [2.75, 3.05) is 6.61 Å². The zero-order chi connectivity index (χ0) is 31.7. The molecule has 0 aromatic carbocycles. The molecule has 0 saturated heterocycles. The molecule has 0 aliphatic heterocycles. The van der Waals surface area contributed by atoms with Crippen LogP contribution in [-0.4, -0.2) is 63.9 Å². The first-order chi connectivity index (χ1) is 20.1. The van der Waals surface area contributed by atoms with E-state index in [-0.39, 0.29) is 16.7 Å². The summed E-state index contributed by atoms with van der Waals surface area (Å²) in [5.74, 6) is 0.285. The predicted molar refractivity (Wildman–Crippen MR) is 159 cm³/mol. The lowest BCUT2D eigenvalue weighted by Gasteiger charge is -2.58. The van der Waals surface area contributed by atoms with E-state index >= 15 is 0 Å². The first-order valence-corrected chi connectivity index (χ1v) is 15.4. The van der Waals surface area contributed by atoms with Crippen molar-refractivity contribution in [1.82, 2.24) is 10.6 Å². The number of carboxylic acids is 1. The van der Waals surface area contributed by atoms with Gasteiger partial charge in [-0.1, -0.05) is 44.3 Å². The van der Waals surface area contributed by atoms with E-state index in [0.717, 1.165) is 44.2 Å². The van der Waals surface area contributed by atoms with Crippen molar-refractivity contribution in [3.63, 3.8) is 0 Å². The third-order valence-corrected chi connectivity index (χ3v) is 11.0. The fraction of sp³-hybridized carbons (Fsp3) is 0.719. The van der Waals surface area contributed by atoms with Gasteiger partial charge < -0.3 is 31.4 Å². The summed E-state index contributed by atoms with van der Waals surface area (Å²) in [4.78, 5) is 53.2. The van der Waals surface area contributed by atoms with Gasteiger partial charge in [-0.15, -0.1) is 6.42 Å². The molecule has 11 nitrogen and oxygen atoms in total. The van der Waals surface area contributed by atoms with Gasteiger partial charge in [0.25, 0.3) is 5.91 Å². The molecule has 0 aromatic heterocycles. The van der Waals surface area contributed by atoms with Crippen molar-refractivity contribution >= 4 is 29.4 Å². The van der Waals surface area contributed by atoms with E-state index in [2.05, 4.69) is 41.6 Å². The summed E-state index contributed by atoms with van der Waals surface area (Å²) in [7, 11) is 0. The lowest BCUT2D eigenvalue weighted by molar-refractivity contribution is -0.144. The molecule has 6 N–H and O–H groups in total. The van der Waals surface area contributed by atoms with Crippen LogP contribution < -0.4 is 16.4 Å². The van der Waals surface area contributed by atoms with Crippen molar-refractivity contribution in [1.29, 1.82) is 0 Å². The second kappa shape index (κ2) is 12.3. The number of fused-ring (bicyclic) bond motifs is 5. The molecule has 8 atom stereocenters. The van der Waals surface area contributed by atoms with Crippen molar-refractivity contribution in [3.05, 3.63) is 11.6 Å². The minimum Gasteiger partial charge on any atom is -0.480 e. The summed E-state index contributed by atoms with van der Waals surface area (Å²) in [5, 5.41) is 29.6. The Morgan fingerprint density at radius 1 is 1.12 bits per heavy atom. The lowest BCUT2D eigenvalue weighted by Crippen LogP contribution is -2.54. The van der Waals surface area contributed by atoms with E-state index < -0.39 is 54.4 Å². The molecule has 4 aliphatic rings. The number of terminal acetylenes is 1. The van der Waals surface area contributed by atoms with Crippen LogP contribution in [0.3, 0.4) is 0 Å². The molecule has 3 saturated carbocycles. The summed E-state index contributed by atoms with van der Waals surface area (Å²) >= 11 is 0. The zero-order valence-corrected chi connectivity index (χ0v) is 25.7. The number of aliphatic hydroxyl groups is 1. The standard InChI is InChI=1S/C32H46N4O7/c1-6-32(42)14-11-23-21-8-7-19-15-20(9-12-30(19,4)22(21)10-13-31(23,32)5)36-43-17-26(38)35-27(18(2)3)28(39)34-24(29(40)41)16-25(33)37/h1,15,18,21-24,27,42H,7-14,16-17H2,2-5H3,(H2,33,37)(H,34,39)(H,35,38)(H,40,41)/b36-20+/t21?,22?,23?,24?,27?,30-,31-,32+/m0/s1. The Morgan fingerprint density at radius 2 is 1.81 bits per heavy atom. The smallest absolute Gasteiger partial charge is 0.326 e. The van der Waals surface area contributed by atoms with Gasteiger partial charge in [-0.05, 0) is 86.5 Å². The molecular weight excluding hydrogens is 552 g/mol. The van der Waals surface area contributed by atoms with Crippen molar-refractivity contribution < 1.29 is 34.2 Å². The second-order valence-electron chi connectivity index (χ2n) is 13.7. The van der Waals surface area contributed by atoms with Crippen LogP contribution >= 0.6 is 0 Å². The molecule has 3 amide bonds. The molecular formula is C32H46N4O7. The maximum atomic E-state index is 12.7. The highest BCUT2D eigenvalue weighted by Crippen LogP contribution is 2.67. The van der Waals surface area contributed by atoms with E-state index in [9.17, 15) is 29.4 Å². The number of hydrogen-bond acceptors (Lipinski definition) is 7. The minimum atomic E-state index is -1.49. The lowest BCUT2D eigenvalue weighted by atomic mass is 9.46. The Balaban J connectivity index is 1.35. The van der Waals surface area contributed by atoms with Crippen LogP contribution in [0.4, 0.5) is 0 Å². The highest BCUT2D eigenvalue weighted by Gasteiger charge is 2.63. The summed E-state index contributed by atoms with van der Waals surface area (Å²) in [6.45, 7) is 7.54. The molecule has 236 valence electrons. The number of carboxylic acid groups (broad SMARTS) is 1. The average molecular weight is 599 g/mol. The topological polar surface area (TPSA) is 180 Å². The third kappa shape index (κ3) is 6.17. The molecule has 0 spiro atoms. The van der Waals surface area contributed by atoms with Gasteiger partial charge in [0.15, 0.2) is 6.61 Å². The number of aliphatic carboxylic acids is 1. The Hall–Kier alpha value is -3.39. The van der Waals surface area contributed by atoms with Crippen LogP contribution in [0.5, 0.6) is 0 Å². The van der Waals surface area contributed by atoms with Crippen LogP contribution in [0.2, 0.25) is 0 Å². The van der Waals surface area contributed by atoms with Gasteiger partial charge in [0, 0.05) is 5.41 Å². The predicted octanol–water partition coefficient (Wildman–Crippen LogP) is 2.27. The van der Waals surface area contributed by atoms with Crippen LogP contribution in [0.1, 0.15) is 85.5 Å². The van der Waals surface area contributed by atoms with Crippen LogP contribution in [0, 0.1) is 46.8 Å². The van der Waals surface area contributed by atoms with Gasteiger partial charge in [0.05, 0.1) is 12.1 Å². The molecule has 43 heavy (non-hydrogen) atoms. The van der Waals surface area contributed by atoms with Crippen molar-refractivity contribution in [3.8, 4) is 12.3 Å². The number of nitrogens with two attached hydrogens (primary N) is 1. The molecule has 0 bridgehead atoms. The molecule has 0 heterocycles. The number of carbonyl (C=O) groups excluding carboxylic acids is 3. The highest BCUT2D eigenvalue weighted by atomic mass is 16.6. The normalized spacial score (nSPS) is 35.3. The van der Waals surface area contributed by atoms with Crippen LogP contribution in [0.15, 0.2) is 16.8 Å². The maximum absolute atomic E-state index is 12.7. The third-order valence-electron chi connectivity index (χ3n) is 11.0. The van der Waals surface area contributed by atoms with Gasteiger partial charge in [-0.25, -0.2) is 4.79 Å². The number of carbonyl (C=O) groups is 4. The van der Waals surface area contributed by atoms with E-state index in [1.54, 1.807) is 13.8 Å². The van der Waals surface area contributed by atoms with Gasteiger partial charge in [0.2, 0.25) is 11.8 Å². The quantitative estimate of drug-likeness (QED) is 0.189. The first-order valence-electron chi connectivity index (χ1n) is 15.4. The number of hydrogen-bond donors (Lipinski definition) is 5. The number of allylic oxidation sites excluding steroid dienone is 2. The summed E-state index contributed by atoms with van der Waals surface area (Å²) in [6.07, 6.45) is 14.7. The SMILES string of the molecule is C#C[C@@]1(O)CCC2C3CCC4=C/C(=N/OCC(=O)NC(C(=O)NC(CC(N)=O)C(=O)O)C(C)C)CC[C@]4(C)C3CC[C@@]21C. The zero-order valence-electron chi connectivity index (χ0n) is 25.7. The highest BCUT2D eigenvalue weighted by molar-refractivity contribution is 5.96. The van der Waals surface area contributed by atoms with Gasteiger partial charge in [0.1, 0.15) is 17.7 Å². The number of nitrogens with zero attached hydrogens (tertiary/aromatic N) is 1. The number of primary amides is 1. The van der Waals surface area contributed by atoms with Crippen LogP contribution in [-0.2, 0) is 24.0 Å². The average Bonchev–Trinajstić information content (AvgIpc) is 3.21. The van der Waals surface area contributed by atoms with Gasteiger partial charge in [-0.2, -0.15) is 0 Å². The summed E-state index contributed by atoms with van der Waals surface area (Å²) in [5.41, 5.74) is 6.03. The monoisotopic (exact) mass is 598 g/mol. The molecule has 4 aliphatic carbocycles. The fourth-order valence-electron chi connectivity index (χ4n) is 8.48. The van der Waals surface area contributed by atoms with E-state index in [0.29, 0.717) is 30.6 Å². The second-order valence-corrected chi connectivity index (χ2v) is 13.7. The molecule has 0 aromatic rings.